The van der Waals surface area contributed by atoms with Crippen LogP contribution in [0.4, 0.5) is 4.79 Å². The highest BCUT2D eigenvalue weighted by molar-refractivity contribution is 5.74. The molecule has 0 aromatic heterocycles. The largest absolute Gasteiger partial charge is 0.369 e. The van der Waals surface area contributed by atoms with Crippen LogP contribution in [0.2, 0.25) is 0 Å². The summed E-state index contributed by atoms with van der Waals surface area (Å²) in [6.45, 7) is 11.8. The Balaban J connectivity index is 1.83. The monoisotopic (exact) mass is 283 g/mol. The van der Waals surface area contributed by atoms with E-state index in [-0.39, 0.29) is 23.8 Å². The molecule has 0 aliphatic carbocycles. The van der Waals surface area contributed by atoms with Gasteiger partial charge in [0.05, 0.1) is 11.7 Å². The second-order valence-electron chi connectivity index (χ2n) is 6.71. The molecule has 2 rings (SSSR count). The summed E-state index contributed by atoms with van der Waals surface area (Å²) < 4.78 is 6.14. The van der Waals surface area contributed by atoms with Crippen molar-refractivity contribution in [2.24, 2.45) is 5.92 Å². The number of hydrogen-bond donors (Lipinski definition) is 2. The Morgan fingerprint density at radius 2 is 2.00 bits per heavy atom. The minimum absolute atomic E-state index is 0.0574. The van der Waals surface area contributed by atoms with Gasteiger partial charge < -0.3 is 20.3 Å². The molecule has 0 aromatic rings. The predicted octanol–water partition coefficient (Wildman–Crippen LogP) is 1.58. The van der Waals surface area contributed by atoms with Gasteiger partial charge in [-0.3, -0.25) is 0 Å². The van der Waals surface area contributed by atoms with Crippen LogP contribution in [-0.4, -0.2) is 54.9 Å². The van der Waals surface area contributed by atoms with E-state index in [1.807, 2.05) is 4.90 Å². The smallest absolute Gasteiger partial charge is 0.317 e. The lowest BCUT2D eigenvalue weighted by Crippen LogP contribution is -2.59. The van der Waals surface area contributed by atoms with Crippen LogP contribution < -0.4 is 10.6 Å². The number of urea groups is 1. The number of carbonyl (C=O) groups excluding carboxylic acids is 1. The van der Waals surface area contributed by atoms with Gasteiger partial charge in [-0.05, 0) is 32.6 Å². The Labute approximate surface area is 122 Å². The Hall–Kier alpha value is -0.810. The van der Waals surface area contributed by atoms with Gasteiger partial charge in [0.1, 0.15) is 0 Å². The molecule has 20 heavy (non-hydrogen) atoms. The number of morpholine rings is 1. The number of nitrogens with one attached hydrogen (secondary N) is 2. The zero-order valence-corrected chi connectivity index (χ0v) is 13.2. The SMILES string of the molecule is CC1CNCC2(CCN(C(=O)NC(C)C(C)C)CC2)O1. The van der Waals surface area contributed by atoms with Crippen molar-refractivity contribution in [3.8, 4) is 0 Å². The topological polar surface area (TPSA) is 53.6 Å². The van der Waals surface area contributed by atoms with Gasteiger partial charge in [0.2, 0.25) is 0 Å². The van der Waals surface area contributed by atoms with Gasteiger partial charge in [0, 0.05) is 32.2 Å². The molecule has 2 atom stereocenters. The van der Waals surface area contributed by atoms with Crippen molar-refractivity contribution in [2.75, 3.05) is 26.2 Å². The lowest BCUT2D eigenvalue weighted by atomic mass is 9.89. The maximum absolute atomic E-state index is 12.2. The fraction of sp³-hybridized carbons (Fsp3) is 0.933. The predicted molar refractivity (Wildman–Crippen MR) is 79.8 cm³/mol. The van der Waals surface area contributed by atoms with Crippen LogP contribution in [-0.2, 0) is 4.74 Å². The molecule has 2 saturated heterocycles. The molecular weight excluding hydrogens is 254 g/mol. The van der Waals surface area contributed by atoms with Crippen molar-refractivity contribution < 1.29 is 9.53 Å². The normalized spacial score (nSPS) is 27.6. The van der Waals surface area contributed by atoms with Crippen molar-refractivity contribution in [1.82, 2.24) is 15.5 Å². The first kappa shape index (κ1) is 15.6. The van der Waals surface area contributed by atoms with Crippen molar-refractivity contribution in [2.45, 2.75) is 58.3 Å². The molecule has 116 valence electrons. The van der Waals surface area contributed by atoms with Gasteiger partial charge in [0.15, 0.2) is 0 Å². The van der Waals surface area contributed by atoms with E-state index in [1.54, 1.807) is 0 Å². The summed E-state index contributed by atoms with van der Waals surface area (Å²) in [6, 6.07) is 0.281. The minimum atomic E-state index is -0.0574. The fourth-order valence-electron chi connectivity index (χ4n) is 2.88. The Morgan fingerprint density at radius 3 is 2.55 bits per heavy atom. The van der Waals surface area contributed by atoms with E-state index >= 15 is 0 Å². The maximum Gasteiger partial charge on any atom is 0.317 e. The van der Waals surface area contributed by atoms with Crippen molar-refractivity contribution >= 4 is 6.03 Å². The molecule has 2 aliphatic heterocycles. The van der Waals surface area contributed by atoms with Crippen LogP contribution in [0.5, 0.6) is 0 Å². The zero-order valence-electron chi connectivity index (χ0n) is 13.2. The number of rotatable bonds is 2. The highest BCUT2D eigenvalue weighted by Crippen LogP contribution is 2.29. The van der Waals surface area contributed by atoms with Crippen molar-refractivity contribution in [3.05, 3.63) is 0 Å². The number of piperidine rings is 1. The third kappa shape index (κ3) is 3.64. The number of amides is 2. The minimum Gasteiger partial charge on any atom is -0.369 e. The van der Waals surface area contributed by atoms with Gasteiger partial charge in [-0.25, -0.2) is 4.79 Å². The molecule has 1 spiro atoms. The average Bonchev–Trinajstić information content (AvgIpc) is 2.39. The van der Waals surface area contributed by atoms with E-state index in [0.29, 0.717) is 5.92 Å². The fourth-order valence-corrected chi connectivity index (χ4v) is 2.88. The number of likely N-dealkylation sites (tertiary alicyclic amines) is 1. The van der Waals surface area contributed by atoms with Gasteiger partial charge in [-0.1, -0.05) is 13.8 Å². The molecule has 2 unspecified atom stereocenters. The van der Waals surface area contributed by atoms with Crippen LogP contribution in [0.1, 0.15) is 40.5 Å². The summed E-state index contributed by atoms with van der Waals surface area (Å²) in [7, 11) is 0. The van der Waals surface area contributed by atoms with Gasteiger partial charge in [-0.15, -0.1) is 0 Å². The summed E-state index contributed by atoms with van der Waals surface area (Å²) in [5, 5.41) is 6.52. The molecule has 0 aromatic carbocycles. The summed E-state index contributed by atoms with van der Waals surface area (Å²) in [5.74, 6) is 0.460. The summed E-state index contributed by atoms with van der Waals surface area (Å²) in [6.07, 6.45) is 2.12. The first-order chi connectivity index (χ1) is 9.42. The molecule has 0 saturated carbocycles. The molecular formula is C15H29N3O2. The average molecular weight is 283 g/mol. The second kappa shape index (κ2) is 6.31. The number of nitrogens with zero attached hydrogens (tertiary/aromatic N) is 1. The van der Waals surface area contributed by atoms with Crippen LogP contribution in [0, 0.1) is 5.92 Å². The number of hydrogen-bond acceptors (Lipinski definition) is 3. The standard InChI is InChI=1S/C15H29N3O2/c1-11(2)13(4)17-14(19)18-7-5-15(6-8-18)10-16-9-12(3)20-15/h11-13,16H,5-10H2,1-4H3,(H,17,19). The van der Waals surface area contributed by atoms with Gasteiger partial charge in [0.25, 0.3) is 0 Å². The third-order valence-electron chi connectivity index (χ3n) is 4.64. The zero-order chi connectivity index (χ0) is 14.8. The van der Waals surface area contributed by atoms with Crippen LogP contribution >= 0.6 is 0 Å². The number of carbonyl (C=O) groups is 1. The van der Waals surface area contributed by atoms with Crippen LogP contribution in [0.3, 0.4) is 0 Å². The van der Waals surface area contributed by atoms with E-state index < -0.39 is 0 Å². The quantitative estimate of drug-likeness (QED) is 0.809. The maximum atomic E-state index is 12.2. The summed E-state index contributed by atoms with van der Waals surface area (Å²) >= 11 is 0. The molecule has 0 radical (unpaired) electrons. The molecule has 0 bridgehead atoms. The van der Waals surface area contributed by atoms with E-state index in [1.165, 1.54) is 0 Å². The number of ether oxygens (including phenoxy) is 1. The Morgan fingerprint density at radius 1 is 1.35 bits per heavy atom. The highest BCUT2D eigenvalue weighted by Gasteiger charge is 2.40. The molecule has 2 heterocycles. The van der Waals surface area contributed by atoms with E-state index in [2.05, 4.69) is 38.3 Å². The lowest BCUT2D eigenvalue weighted by molar-refractivity contribution is -0.131. The molecule has 2 N–H and O–H groups in total. The van der Waals surface area contributed by atoms with Gasteiger partial charge >= 0.3 is 6.03 Å². The Bertz CT molecular complexity index is 338. The molecule has 2 aliphatic rings. The molecule has 2 fully saturated rings. The van der Waals surface area contributed by atoms with Crippen LogP contribution in [0.25, 0.3) is 0 Å². The third-order valence-corrected chi connectivity index (χ3v) is 4.64. The van der Waals surface area contributed by atoms with Crippen molar-refractivity contribution in [3.63, 3.8) is 0 Å². The van der Waals surface area contributed by atoms with E-state index in [0.717, 1.165) is 39.0 Å². The second-order valence-corrected chi connectivity index (χ2v) is 6.71. The highest BCUT2D eigenvalue weighted by atomic mass is 16.5. The first-order valence-corrected chi connectivity index (χ1v) is 7.86. The summed E-state index contributed by atoms with van der Waals surface area (Å²) in [4.78, 5) is 14.1. The van der Waals surface area contributed by atoms with Gasteiger partial charge in [-0.2, -0.15) is 0 Å². The van der Waals surface area contributed by atoms with E-state index in [4.69, 9.17) is 4.74 Å². The van der Waals surface area contributed by atoms with E-state index in [9.17, 15) is 4.79 Å². The van der Waals surface area contributed by atoms with Crippen LogP contribution in [0.15, 0.2) is 0 Å². The van der Waals surface area contributed by atoms with Crippen molar-refractivity contribution in [1.29, 1.82) is 0 Å². The molecule has 5 heteroatoms. The molecule has 5 nitrogen and oxygen atoms in total. The first-order valence-electron chi connectivity index (χ1n) is 7.86. The summed E-state index contributed by atoms with van der Waals surface area (Å²) in [5.41, 5.74) is -0.0574. The molecule has 2 amide bonds. The Kier molecular flexibility index (Phi) is 4.91. The lowest BCUT2D eigenvalue weighted by Gasteiger charge is -2.46.